The molecule has 1 rings (SSSR count). The van der Waals surface area contributed by atoms with E-state index in [0.717, 1.165) is 18.5 Å². The monoisotopic (exact) mass is 241 g/mol. The minimum absolute atomic E-state index is 0.159. The molecule has 0 heterocycles. The molecule has 0 saturated heterocycles. The van der Waals surface area contributed by atoms with E-state index in [-0.39, 0.29) is 5.82 Å². The van der Waals surface area contributed by atoms with Crippen LogP contribution in [0.4, 0.5) is 4.39 Å². The van der Waals surface area contributed by atoms with E-state index in [1.54, 1.807) is 12.1 Å². The van der Waals surface area contributed by atoms with E-state index < -0.39 is 0 Å². The van der Waals surface area contributed by atoms with Crippen molar-refractivity contribution >= 4 is 11.8 Å². The molecular formula is C13H20FNS. The van der Waals surface area contributed by atoms with E-state index in [9.17, 15) is 4.39 Å². The molecule has 0 aromatic heterocycles. The summed E-state index contributed by atoms with van der Waals surface area (Å²) in [6, 6.07) is 7.25. The molecule has 0 aliphatic rings. The zero-order valence-corrected chi connectivity index (χ0v) is 10.8. The third kappa shape index (κ3) is 5.52. The number of hydrogen-bond donors (Lipinski definition) is 1. The van der Waals surface area contributed by atoms with Crippen LogP contribution in [-0.4, -0.2) is 17.5 Å². The van der Waals surface area contributed by atoms with Gasteiger partial charge >= 0.3 is 0 Å². The summed E-state index contributed by atoms with van der Waals surface area (Å²) >= 11 is 1.96. The highest BCUT2D eigenvalue weighted by Crippen LogP contribution is 2.06. The predicted octanol–water partition coefficient (Wildman–Crippen LogP) is 3.45. The van der Waals surface area contributed by atoms with Gasteiger partial charge in [0.15, 0.2) is 0 Å². The highest BCUT2D eigenvalue weighted by atomic mass is 32.2. The molecular weight excluding hydrogens is 221 g/mol. The first kappa shape index (κ1) is 13.5. The Balaban J connectivity index is 2.23. The molecule has 1 N–H and O–H groups in total. The van der Waals surface area contributed by atoms with Crippen molar-refractivity contribution < 1.29 is 4.39 Å². The summed E-state index contributed by atoms with van der Waals surface area (Å²) in [5.74, 6) is 2.21. The summed E-state index contributed by atoms with van der Waals surface area (Å²) < 4.78 is 12.9. The number of hydrogen-bond acceptors (Lipinski definition) is 2. The Kier molecular flexibility index (Phi) is 6.50. The van der Waals surface area contributed by atoms with Crippen molar-refractivity contribution in [3.63, 3.8) is 0 Å². The molecule has 3 heteroatoms. The molecule has 0 aliphatic heterocycles. The fourth-order valence-corrected chi connectivity index (χ4v) is 2.25. The van der Waals surface area contributed by atoms with Crippen LogP contribution < -0.4 is 5.32 Å². The Morgan fingerprint density at radius 2 is 2.25 bits per heavy atom. The fraction of sp³-hybridized carbons (Fsp3) is 0.538. The Morgan fingerprint density at radius 3 is 2.94 bits per heavy atom. The van der Waals surface area contributed by atoms with Gasteiger partial charge in [-0.05, 0) is 42.5 Å². The fourth-order valence-electron chi connectivity index (χ4n) is 1.45. The summed E-state index contributed by atoms with van der Waals surface area (Å²) in [6.45, 7) is 5.10. The van der Waals surface area contributed by atoms with E-state index in [1.807, 2.05) is 17.8 Å². The van der Waals surface area contributed by atoms with Crippen LogP contribution in [0.5, 0.6) is 0 Å². The van der Waals surface area contributed by atoms with Gasteiger partial charge in [0.25, 0.3) is 0 Å². The smallest absolute Gasteiger partial charge is 0.123 e. The van der Waals surface area contributed by atoms with Gasteiger partial charge in [-0.25, -0.2) is 4.39 Å². The topological polar surface area (TPSA) is 12.0 Å². The second-order valence-electron chi connectivity index (χ2n) is 3.90. The van der Waals surface area contributed by atoms with E-state index in [1.165, 1.54) is 17.6 Å². The number of thioether (sulfide) groups is 1. The van der Waals surface area contributed by atoms with Gasteiger partial charge < -0.3 is 5.32 Å². The Bertz CT molecular complexity index is 304. The van der Waals surface area contributed by atoms with Gasteiger partial charge in [0.2, 0.25) is 0 Å². The van der Waals surface area contributed by atoms with Crippen LogP contribution in [0, 0.1) is 5.82 Å². The number of halogens is 1. The minimum Gasteiger partial charge on any atom is -0.310 e. The highest BCUT2D eigenvalue weighted by Gasteiger charge is 2.01. The molecule has 0 radical (unpaired) electrons. The van der Waals surface area contributed by atoms with Gasteiger partial charge in [0.05, 0.1) is 0 Å². The standard InChI is InChI=1S/C13H20FNS/c1-3-16-8-7-11(2)15-10-12-5-4-6-13(14)9-12/h4-6,9,11,15H,3,7-8,10H2,1-2H3. The maximum Gasteiger partial charge on any atom is 0.123 e. The Labute approximate surface area is 102 Å². The summed E-state index contributed by atoms with van der Waals surface area (Å²) in [6.07, 6.45) is 1.16. The molecule has 90 valence electrons. The van der Waals surface area contributed by atoms with Crippen molar-refractivity contribution in [3.05, 3.63) is 35.6 Å². The summed E-state index contributed by atoms with van der Waals surface area (Å²) in [7, 11) is 0. The van der Waals surface area contributed by atoms with Gasteiger partial charge in [0.1, 0.15) is 5.82 Å². The normalized spacial score (nSPS) is 12.7. The second kappa shape index (κ2) is 7.69. The van der Waals surface area contributed by atoms with Crippen molar-refractivity contribution in [2.24, 2.45) is 0 Å². The van der Waals surface area contributed by atoms with Gasteiger partial charge in [-0.15, -0.1) is 0 Å². The first-order chi connectivity index (χ1) is 7.72. The first-order valence-corrected chi connectivity index (χ1v) is 6.93. The Morgan fingerprint density at radius 1 is 1.44 bits per heavy atom. The van der Waals surface area contributed by atoms with Crippen LogP contribution in [0.1, 0.15) is 25.8 Å². The largest absolute Gasteiger partial charge is 0.310 e. The molecule has 0 spiro atoms. The van der Waals surface area contributed by atoms with Crippen molar-refractivity contribution in [3.8, 4) is 0 Å². The van der Waals surface area contributed by atoms with Crippen LogP contribution in [0.15, 0.2) is 24.3 Å². The lowest BCUT2D eigenvalue weighted by Crippen LogP contribution is -2.26. The lowest BCUT2D eigenvalue weighted by atomic mass is 10.2. The lowest BCUT2D eigenvalue weighted by Gasteiger charge is -2.13. The van der Waals surface area contributed by atoms with Gasteiger partial charge in [-0.3, -0.25) is 0 Å². The van der Waals surface area contributed by atoms with E-state index in [0.29, 0.717) is 6.04 Å². The van der Waals surface area contributed by atoms with Crippen molar-refractivity contribution in [2.75, 3.05) is 11.5 Å². The molecule has 1 nitrogen and oxygen atoms in total. The summed E-state index contributed by atoms with van der Waals surface area (Å²) in [5.41, 5.74) is 1.01. The molecule has 0 bridgehead atoms. The number of nitrogens with one attached hydrogen (secondary N) is 1. The SMILES string of the molecule is CCSCCC(C)NCc1cccc(F)c1. The molecule has 0 aliphatic carbocycles. The van der Waals surface area contributed by atoms with Crippen LogP contribution in [-0.2, 0) is 6.54 Å². The molecule has 0 amide bonds. The number of rotatable bonds is 7. The van der Waals surface area contributed by atoms with Crippen LogP contribution in [0.3, 0.4) is 0 Å². The molecule has 1 unspecified atom stereocenters. The maximum atomic E-state index is 12.9. The minimum atomic E-state index is -0.159. The average molecular weight is 241 g/mol. The molecule has 16 heavy (non-hydrogen) atoms. The predicted molar refractivity (Wildman–Crippen MR) is 70.3 cm³/mol. The quantitative estimate of drug-likeness (QED) is 0.734. The van der Waals surface area contributed by atoms with Crippen LogP contribution in [0.25, 0.3) is 0 Å². The third-order valence-electron chi connectivity index (χ3n) is 2.44. The summed E-state index contributed by atoms with van der Waals surface area (Å²) in [5, 5.41) is 3.41. The molecule has 0 saturated carbocycles. The number of benzene rings is 1. The van der Waals surface area contributed by atoms with E-state index in [2.05, 4.69) is 19.2 Å². The maximum absolute atomic E-state index is 12.9. The van der Waals surface area contributed by atoms with E-state index >= 15 is 0 Å². The van der Waals surface area contributed by atoms with Crippen LogP contribution >= 0.6 is 11.8 Å². The molecule has 0 fully saturated rings. The van der Waals surface area contributed by atoms with Gasteiger partial charge in [-0.1, -0.05) is 19.1 Å². The van der Waals surface area contributed by atoms with Crippen LogP contribution in [0.2, 0.25) is 0 Å². The van der Waals surface area contributed by atoms with Crippen molar-refractivity contribution in [2.45, 2.75) is 32.9 Å². The highest BCUT2D eigenvalue weighted by molar-refractivity contribution is 7.99. The molecule has 1 atom stereocenters. The zero-order valence-electron chi connectivity index (χ0n) is 10.0. The summed E-state index contributed by atoms with van der Waals surface area (Å²) in [4.78, 5) is 0. The zero-order chi connectivity index (χ0) is 11.8. The third-order valence-corrected chi connectivity index (χ3v) is 3.38. The molecule has 1 aromatic carbocycles. The first-order valence-electron chi connectivity index (χ1n) is 5.78. The van der Waals surface area contributed by atoms with Gasteiger partial charge in [-0.2, -0.15) is 11.8 Å². The van der Waals surface area contributed by atoms with Crippen molar-refractivity contribution in [1.29, 1.82) is 0 Å². The molecule has 1 aromatic rings. The lowest BCUT2D eigenvalue weighted by molar-refractivity contribution is 0.535. The van der Waals surface area contributed by atoms with E-state index in [4.69, 9.17) is 0 Å². The average Bonchev–Trinajstić information content (AvgIpc) is 2.27. The second-order valence-corrected chi connectivity index (χ2v) is 5.29. The Hall–Kier alpha value is -0.540. The van der Waals surface area contributed by atoms with Gasteiger partial charge in [0, 0.05) is 12.6 Å². The van der Waals surface area contributed by atoms with Crippen molar-refractivity contribution in [1.82, 2.24) is 5.32 Å².